The van der Waals surface area contributed by atoms with Crippen molar-refractivity contribution < 1.29 is 26.2 Å². The molecule has 0 atom stereocenters. The molecule has 0 fully saturated rings. The zero-order valence-electron chi connectivity index (χ0n) is 12.8. The smallest absolute Gasteiger partial charge is 0.300 e. The minimum Gasteiger partial charge on any atom is -0.300 e. The quantitative estimate of drug-likeness (QED) is 0.473. The van der Waals surface area contributed by atoms with Gasteiger partial charge in [-0.15, -0.1) is 13.5 Å². The van der Waals surface area contributed by atoms with Gasteiger partial charge in [-0.25, -0.2) is 0 Å². The Bertz CT molecular complexity index is 458. The van der Waals surface area contributed by atoms with Crippen molar-refractivity contribution in [3.05, 3.63) is 0 Å². The Morgan fingerprint density at radius 3 is 0.905 bits per heavy atom. The van der Waals surface area contributed by atoms with E-state index in [1.807, 2.05) is 0 Å². The Balaban J connectivity index is 3.42. The summed E-state index contributed by atoms with van der Waals surface area (Å²) >= 11 is 0. The number of nitrogens with zero attached hydrogens (tertiary/aromatic N) is 3. The number of hydrogen-bond donors (Lipinski definition) is 0. The van der Waals surface area contributed by atoms with E-state index in [0.717, 1.165) is 0 Å². The highest BCUT2D eigenvalue weighted by Crippen LogP contribution is 2.81. The Labute approximate surface area is 123 Å². The van der Waals surface area contributed by atoms with Gasteiger partial charge in [-0.3, -0.25) is 0 Å². The van der Waals surface area contributed by atoms with Crippen molar-refractivity contribution in [1.82, 2.24) is 0 Å². The highest BCUT2D eigenvalue weighted by atomic mass is 31.3. The summed E-state index contributed by atoms with van der Waals surface area (Å²) in [7, 11) is -13.6. The molecular formula is C9H21F3N3O3P3. The summed E-state index contributed by atoms with van der Waals surface area (Å²) in [6, 6.07) is 0. The van der Waals surface area contributed by atoms with E-state index in [2.05, 4.69) is 13.5 Å². The first-order chi connectivity index (χ1) is 9.37. The summed E-state index contributed by atoms with van der Waals surface area (Å²) < 4.78 is 68.3. The summed E-state index contributed by atoms with van der Waals surface area (Å²) in [4.78, 5) is 0. The van der Waals surface area contributed by atoms with Gasteiger partial charge in [-0.05, 0) is 41.5 Å². The predicted molar refractivity (Wildman–Crippen MR) is 80.0 cm³/mol. The zero-order chi connectivity index (χ0) is 16.5. The minimum absolute atomic E-state index is 0.645. The molecule has 0 N–H and O–H groups in total. The molecule has 0 aromatic carbocycles. The molecule has 1 aliphatic heterocycles. The lowest BCUT2D eigenvalue weighted by Gasteiger charge is -2.26. The number of hydrogen-bond acceptors (Lipinski definition) is 6. The van der Waals surface area contributed by atoms with Crippen LogP contribution in [0.3, 0.4) is 0 Å². The van der Waals surface area contributed by atoms with E-state index < -0.39 is 41.5 Å². The molecule has 0 aromatic heterocycles. The van der Waals surface area contributed by atoms with Crippen molar-refractivity contribution in [3.63, 3.8) is 0 Å². The van der Waals surface area contributed by atoms with E-state index in [1.54, 1.807) is 0 Å². The van der Waals surface area contributed by atoms with Gasteiger partial charge in [0, 0.05) is 0 Å². The first kappa shape index (κ1) is 19.4. The summed E-state index contributed by atoms with van der Waals surface area (Å²) in [5.41, 5.74) is 0. The Morgan fingerprint density at radius 1 is 0.571 bits per heavy atom. The Morgan fingerprint density at radius 2 is 0.762 bits per heavy atom. The van der Waals surface area contributed by atoms with Crippen molar-refractivity contribution in [3.8, 4) is 0 Å². The van der Waals surface area contributed by atoms with Crippen LogP contribution in [0.4, 0.5) is 12.6 Å². The van der Waals surface area contributed by atoms with Crippen LogP contribution in [-0.4, -0.2) is 18.3 Å². The molecule has 0 radical (unpaired) electrons. The molecule has 12 heteroatoms. The number of rotatable bonds is 6. The average molecular weight is 369 g/mol. The van der Waals surface area contributed by atoms with Crippen molar-refractivity contribution >= 4 is 23.2 Å². The lowest BCUT2D eigenvalue weighted by atomic mass is 10.5. The molecular weight excluding hydrogens is 348 g/mol. The molecule has 0 amide bonds. The molecule has 21 heavy (non-hydrogen) atoms. The maximum atomic E-state index is 14.6. The van der Waals surface area contributed by atoms with Crippen LogP contribution in [0.15, 0.2) is 13.5 Å². The molecule has 1 heterocycles. The van der Waals surface area contributed by atoms with Crippen molar-refractivity contribution in [2.45, 2.75) is 59.9 Å². The van der Waals surface area contributed by atoms with Gasteiger partial charge in [-0.1, -0.05) is 0 Å². The lowest BCUT2D eigenvalue weighted by Crippen LogP contribution is -2.03. The van der Waals surface area contributed by atoms with Gasteiger partial charge in [0.2, 0.25) is 0 Å². The fourth-order valence-corrected chi connectivity index (χ4v) is 8.68. The molecule has 0 aromatic rings. The molecule has 1 aliphatic rings. The molecule has 0 saturated carbocycles. The van der Waals surface area contributed by atoms with E-state index in [-0.39, 0.29) is 0 Å². The third-order valence-electron chi connectivity index (χ3n) is 1.70. The fraction of sp³-hybridized carbons (Fsp3) is 1.00. The molecule has 0 spiro atoms. The monoisotopic (exact) mass is 369 g/mol. The lowest BCUT2D eigenvalue weighted by molar-refractivity contribution is 0.234. The van der Waals surface area contributed by atoms with E-state index >= 15 is 0 Å². The number of halogens is 3. The van der Waals surface area contributed by atoms with Gasteiger partial charge < -0.3 is 13.6 Å². The molecule has 0 unspecified atom stereocenters. The third kappa shape index (κ3) is 6.17. The van der Waals surface area contributed by atoms with E-state index in [0.29, 0.717) is 0 Å². The van der Waals surface area contributed by atoms with Crippen LogP contribution in [0.5, 0.6) is 0 Å². The fourth-order valence-electron chi connectivity index (χ4n) is 1.39. The van der Waals surface area contributed by atoms with Crippen LogP contribution in [0.25, 0.3) is 0 Å². The third-order valence-corrected chi connectivity index (χ3v) is 9.06. The Kier molecular flexibility index (Phi) is 6.34. The minimum atomic E-state index is -4.52. The first-order valence-electron chi connectivity index (χ1n) is 6.43. The Hall–Kier alpha value is 0.360. The topological polar surface area (TPSA) is 64.8 Å². The zero-order valence-corrected chi connectivity index (χ0v) is 15.5. The van der Waals surface area contributed by atoms with Crippen LogP contribution < -0.4 is 0 Å². The predicted octanol–water partition coefficient (Wildman–Crippen LogP) is 7.02. The van der Waals surface area contributed by atoms with Gasteiger partial charge in [0.1, 0.15) is 0 Å². The van der Waals surface area contributed by atoms with Crippen molar-refractivity contribution in [2.75, 3.05) is 0 Å². The molecule has 0 bridgehead atoms. The molecule has 0 saturated heterocycles. The largest absolute Gasteiger partial charge is 0.388 e. The van der Waals surface area contributed by atoms with E-state index in [1.165, 1.54) is 41.5 Å². The van der Waals surface area contributed by atoms with Gasteiger partial charge in [0.25, 0.3) is 0 Å². The maximum absolute atomic E-state index is 14.6. The van der Waals surface area contributed by atoms with Gasteiger partial charge >= 0.3 is 23.2 Å². The standard InChI is InChI=1S/C9H21F3N3O3P3/c1-7(2)16-19(10)13-20(11,17-8(3)4)15-21(12,14-19)18-9(5)6/h7-9H,1-6H3. The highest BCUT2D eigenvalue weighted by Gasteiger charge is 2.42. The molecule has 6 nitrogen and oxygen atoms in total. The second-order valence-electron chi connectivity index (χ2n) is 5.15. The van der Waals surface area contributed by atoms with Crippen LogP contribution in [0.2, 0.25) is 0 Å². The van der Waals surface area contributed by atoms with Crippen LogP contribution in [0, 0.1) is 0 Å². The normalized spacial score (nSPS) is 36.6. The van der Waals surface area contributed by atoms with Crippen LogP contribution >= 0.6 is 23.2 Å². The highest BCUT2D eigenvalue weighted by molar-refractivity contribution is 7.77. The molecule has 1 rings (SSSR count). The summed E-state index contributed by atoms with van der Waals surface area (Å²) in [5.74, 6) is 0. The summed E-state index contributed by atoms with van der Waals surface area (Å²) in [6.07, 6.45) is -1.93. The summed E-state index contributed by atoms with van der Waals surface area (Å²) in [6.45, 7) is 9.09. The second-order valence-corrected chi connectivity index (χ2v) is 10.8. The molecule has 0 aliphatic carbocycles. The van der Waals surface area contributed by atoms with Crippen LogP contribution in [0.1, 0.15) is 41.5 Å². The average Bonchev–Trinajstić information content (AvgIpc) is 2.05. The summed E-state index contributed by atoms with van der Waals surface area (Å²) in [5, 5.41) is 0. The first-order valence-corrected chi connectivity index (χ1v) is 10.9. The van der Waals surface area contributed by atoms with Crippen molar-refractivity contribution in [1.29, 1.82) is 0 Å². The second kappa shape index (κ2) is 6.86. The van der Waals surface area contributed by atoms with E-state index in [9.17, 15) is 12.6 Å². The van der Waals surface area contributed by atoms with Gasteiger partial charge in [0.05, 0.1) is 18.3 Å². The van der Waals surface area contributed by atoms with Gasteiger partial charge in [0.15, 0.2) is 0 Å². The van der Waals surface area contributed by atoms with E-state index in [4.69, 9.17) is 13.6 Å². The van der Waals surface area contributed by atoms with Gasteiger partial charge in [-0.2, -0.15) is 12.6 Å². The molecule has 126 valence electrons. The van der Waals surface area contributed by atoms with Crippen molar-refractivity contribution in [2.24, 2.45) is 13.5 Å². The van der Waals surface area contributed by atoms with Crippen LogP contribution in [-0.2, 0) is 13.6 Å². The maximum Gasteiger partial charge on any atom is 0.388 e. The SMILES string of the molecule is CC(C)OP1(F)=NP(F)(OC(C)C)=NP(F)(OC(C)C)=N1.